The minimum atomic E-state index is 0. The molecule has 0 unspecified atom stereocenters. The van der Waals surface area contributed by atoms with Crippen LogP contribution in [0.3, 0.4) is 0 Å². The Balaban J connectivity index is 0.000000227. The molecule has 0 amide bonds. The molecule has 0 bridgehead atoms. The lowest BCUT2D eigenvalue weighted by atomic mass is 10.1. The first-order valence-electron chi connectivity index (χ1n) is 8.94. The second kappa shape index (κ2) is 13.6. The third-order valence-electron chi connectivity index (χ3n) is 4.12. The maximum Gasteiger partial charge on any atom is 0.0426 e. The average molecular weight is 796 g/mol. The zero-order chi connectivity index (χ0) is 23.4. The van der Waals surface area contributed by atoms with Crippen molar-refractivity contribution < 1.29 is 0 Å². The topological polar surface area (TPSA) is 0 Å². The highest BCUT2D eigenvalue weighted by Crippen LogP contribution is 2.32. The molecular formula is C24H14Br4Cl4S. The van der Waals surface area contributed by atoms with E-state index in [-0.39, 0.29) is 13.5 Å². The lowest BCUT2D eigenvalue weighted by Crippen LogP contribution is -1.79. The predicted octanol–water partition coefficient (Wildman–Crippen LogP) is 12.5. The van der Waals surface area contributed by atoms with Gasteiger partial charge in [0, 0.05) is 38.0 Å². The van der Waals surface area contributed by atoms with Crippen molar-refractivity contribution in [2.24, 2.45) is 0 Å². The highest BCUT2D eigenvalue weighted by atomic mass is 79.9. The van der Waals surface area contributed by atoms with E-state index in [1.807, 2.05) is 60.7 Å². The molecule has 0 fully saturated rings. The summed E-state index contributed by atoms with van der Waals surface area (Å²) < 4.78 is 4.03. The fourth-order valence-electron chi connectivity index (χ4n) is 2.88. The number of halogens is 8. The molecule has 0 N–H and O–H groups in total. The lowest BCUT2D eigenvalue weighted by Gasteiger charge is -2.05. The second-order valence-corrected chi connectivity index (χ2v) is 12.0. The maximum absolute atomic E-state index is 5.97. The van der Waals surface area contributed by atoms with Crippen LogP contribution in [0.15, 0.2) is 90.7 Å². The van der Waals surface area contributed by atoms with Gasteiger partial charge in [0.05, 0.1) is 0 Å². The smallest absolute Gasteiger partial charge is 0.0426 e. The molecule has 0 heterocycles. The molecule has 0 saturated carbocycles. The van der Waals surface area contributed by atoms with Crippen molar-refractivity contribution in [1.82, 2.24) is 0 Å². The van der Waals surface area contributed by atoms with Crippen LogP contribution < -0.4 is 0 Å². The lowest BCUT2D eigenvalue weighted by molar-refractivity contribution is 1.56. The van der Waals surface area contributed by atoms with Gasteiger partial charge in [-0.2, -0.15) is 13.5 Å². The zero-order valence-corrected chi connectivity index (χ0v) is 26.8. The summed E-state index contributed by atoms with van der Waals surface area (Å²) in [5.74, 6) is 0. The van der Waals surface area contributed by atoms with Crippen LogP contribution in [0.2, 0.25) is 20.1 Å². The Morgan fingerprint density at radius 1 is 0.333 bits per heavy atom. The molecule has 9 heteroatoms. The largest absolute Gasteiger partial charge is 0.197 e. The number of hydrogen-bond donors (Lipinski definition) is 0. The van der Waals surface area contributed by atoms with Gasteiger partial charge in [0.15, 0.2) is 0 Å². The Labute approximate surface area is 253 Å². The number of rotatable bonds is 2. The van der Waals surface area contributed by atoms with E-state index in [1.165, 1.54) is 0 Å². The summed E-state index contributed by atoms with van der Waals surface area (Å²) in [5, 5.41) is 2.55. The summed E-state index contributed by atoms with van der Waals surface area (Å²) >= 11 is 37.7. The van der Waals surface area contributed by atoms with Gasteiger partial charge < -0.3 is 0 Å². The Morgan fingerprint density at radius 3 is 0.788 bits per heavy atom. The molecule has 0 nitrogen and oxygen atoms in total. The van der Waals surface area contributed by atoms with Crippen molar-refractivity contribution in [2.75, 3.05) is 0 Å². The van der Waals surface area contributed by atoms with Gasteiger partial charge in [0.2, 0.25) is 0 Å². The number of benzene rings is 4. The molecule has 4 aromatic rings. The van der Waals surface area contributed by atoms with Crippen LogP contribution in [-0.4, -0.2) is 0 Å². The van der Waals surface area contributed by atoms with Crippen LogP contribution in [0.25, 0.3) is 22.3 Å². The summed E-state index contributed by atoms with van der Waals surface area (Å²) in [4.78, 5) is 0. The van der Waals surface area contributed by atoms with Gasteiger partial charge in [-0.25, -0.2) is 0 Å². The standard InChI is InChI=1S/2C12H6Br2Cl2.H2S/c2*13-9-1-7(2-10(14)5-9)8-3-11(15)6-12(16)4-8;/h2*1-6H;1H2. The highest BCUT2D eigenvalue weighted by Gasteiger charge is 2.05. The molecule has 0 saturated heterocycles. The molecule has 0 aliphatic carbocycles. The van der Waals surface area contributed by atoms with Crippen LogP contribution in [0.4, 0.5) is 0 Å². The second-order valence-electron chi connectivity index (χ2n) is 6.63. The van der Waals surface area contributed by atoms with Gasteiger partial charge in [-0.3, -0.25) is 0 Å². The molecule has 0 atom stereocenters. The highest BCUT2D eigenvalue weighted by molar-refractivity contribution is 9.11. The van der Waals surface area contributed by atoms with Gasteiger partial charge in [-0.1, -0.05) is 110 Å². The van der Waals surface area contributed by atoms with E-state index in [1.54, 1.807) is 12.1 Å². The van der Waals surface area contributed by atoms with Crippen molar-refractivity contribution in [2.45, 2.75) is 0 Å². The van der Waals surface area contributed by atoms with Crippen LogP contribution in [-0.2, 0) is 0 Å². The van der Waals surface area contributed by atoms with Crippen molar-refractivity contribution in [3.05, 3.63) is 111 Å². The third kappa shape index (κ3) is 9.36. The Kier molecular flexibility index (Phi) is 12.1. The summed E-state index contributed by atoms with van der Waals surface area (Å²) in [7, 11) is 0. The molecule has 0 aliphatic heterocycles. The van der Waals surface area contributed by atoms with Gasteiger partial charge >= 0.3 is 0 Å². The van der Waals surface area contributed by atoms with Crippen molar-refractivity contribution in [1.29, 1.82) is 0 Å². The average Bonchev–Trinajstić information content (AvgIpc) is 2.65. The van der Waals surface area contributed by atoms with Gasteiger partial charge in [0.25, 0.3) is 0 Å². The molecule has 172 valence electrons. The van der Waals surface area contributed by atoms with Crippen molar-refractivity contribution in [3.8, 4) is 22.3 Å². The first-order chi connectivity index (χ1) is 15.1. The Morgan fingerprint density at radius 2 is 0.545 bits per heavy atom. The molecular weight excluding hydrogens is 782 g/mol. The summed E-state index contributed by atoms with van der Waals surface area (Å²) in [6.07, 6.45) is 0. The normalized spacial score (nSPS) is 10.2. The van der Waals surface area contributed by atoms with E-state index in [0.717, 1.165) is 40.1 Å². The summed E-state index contributed by atoms with van der Waals surface area (Å²) in [5.41, 5.74) is 4.12. The number of hydrogen-bond acceptors (Lipinski definition) is 0. The maximum atomic E-state index is 5.97. The first-order valence-corrected chi connectivity index (χ1v) is 13.6. The van der Waals surface area contributed by atoms with Crippen LogP contribution in [0.1, 0.15) is 0 Å². The Hall–Kier alpha value is 0.310. The van der Waals surface area contributed by atoms with Gasteiger partial charge in [-0.15, -0.1) is 0 Å². The molecule has 0 aliphatic rings. The minimum Gasteiger partial charge on any atom is -0.197 e. The SMILES string of the molecule is Clc1cc(Cl)cc(-c2cc(Br)cc(Br)c2)c1.Clc1cc(Cl)cc(-c2cc(Br)cc(Br)c2)c1.S. The van der Waals surface area contributed by atoms with E-state index in [2.05, 4.69) is 63.7 Å². The predicted molar refractivity (Wildman–Crippen MR) is 165 cm³/mol. The first kappa shape index (κ1) is 29.5. The monoisotopic (exact) mass is 790 g/mol. The molecule has 0 aromatic heterocycles. The molecule has 0 spiro atoms. The zero-order valence-electron chi connectivity index (χ0n) is 16.5. The van der Waals surface area contributed by atoms with Crippen LogP contribution in [0, 0.1) is 0 Å². The third-order valence-corrected chi connectivity index (χ3v) is 6.82. The minimum absolute atomic E-state index is 0. The van der Waals surface area contributed by atoms with E-state index < -0.39 is 0 Å². The molecule has 33 heavy (non-hydrogen) atoms. The van der Waals surface area contributed by atoms with Gasteiger partial charge in [-0.05, 0) is 95.1 Å². The van der Waals surface area contributed by atoms with Crippen molar-refractivity contribution >= 4 is 124 Å². The summed E-state index contributed by atoms with van der Waals surface area (Å²) in [6.45, 7) is 0. The van der Waals surface area contributed by atoms with Crippen LogP contribution >= 0.6 is 124 Å². The van der Waals surface area contributed by atoms with Crippen LogP contribution in [0.5, 0.6) is 0 Å². The molecule has 4 rings (SSSR count). The van der Waals surface area contributed by atoms with E-state index in [4.69, 9.17) is 46.4 Å². The summed E-state index contributed by atoms with van der Waals surface area (Å²) in [6, 6.07) is 23.1. The Bertz CT molecular complexity index is 1000. The fourth-order valence-corrected chi connectivity index (χ4v) is 6.52. The van der Waals surface area contributed by atoms with E-state index in [9.17, 15) is 0 Å². The van der Waals surface area contributed by atoms with E-state index >= 15 is 0 Å². The molecule has 4 aromatic carbocycles. The fraction of sp³-hybridized carbons (Fsp3) is 0. The quantitative estimate of drug-likeness (QED) is 0.190. The van der Waals surface area contributed by atoms with Gasteiger partial charge in [0.1, 0.15) is 0 Å². The van der Waals surface area contributed by atoms with Crippen molar-refractivity contribution in [3.63, 3.8) is 0 Å². The van der Waals surface area contributed by atoms with E-state index in [0.29, 0.717) is 20.1 Å². The molecule has 0 radical (unpaired) electrons.